The van der Waals surface area contributed by atoms with Gasteiger partial charge in [0.15, 0.2) is 5.65 Å². The number of nitrogens with zero attached hydrogens (tertiary/aromatic N) is 5. The number of nitrogens with one attached hydrogen (secondary N) is 1. The Kier molecular flexibility index (Phi) is 5.23. The van der Waals surface area contributed by atoms with Crippen LogP contribution < -0.4 is 11.0 Å². The molecule has 0 aliphatic heterocycles. The monoisotopic (exact) mass is 460 g/mol. The standard InChI is InChI=1S/C23H17ClN6O3/c1-14-5-2-6-15(11-14)20-26-22(33-28-20)18-9-4-10-29-21(18)27-30(23(29)32)13-19(31)25-17-8-3-7-16(24)12-17/h2-12H,13H2,1H3,(H,25,31). The first-order valence-electron chi connectivity index (χ1n) is 10.0. The summed E-state index contributed by atoms with van der Waals surface area (Å²) in [6.07, 6.45) is 1.57. The number of hydrogen-bond donors (Lipinski definition) is 1. The van der Waals surface area contributed by atoms with Crippen LogP contribution in [0.25, 0.3) is 28.5 Å². The lowest BCUT2D eigenvalue weighted by atomic mass is 10.1. The molecule has 0 bridgehead atoms. The molecular formula is C23H17ClN6O3. The van der Waals surface area contributed by atoms with E-state index >= 15 is 0 Å². The van der Waals surface area contributed by atoms with E-state index in [2.05, 4.69) is 20.6 Å². The lowest BCUT2D eigenvalue weighted by Crippen LogP contribution is -2.28. The lowest BCUT2D eigenvalue weighted by Gasteiger charge is -2.04. The van der Waals surface area contributed by atoms with Gasteiger partial charge in [0.25, 0.3) is 5.89 Å². The highest BCUT2D eigenvalue weighted by Crippen LogP contribution is 2.25. The number of rotatable bonds is 5. The molecule has 0 radical (unpaired) electrons. The Hall–Kier alpha value is -4.24. The molecule has 0 aliphatic rings. The van der Waals surface area contributed by atoms with Crippen molar-refractivity contribution in [1.29, 1.82) is 0 Å². The number of carbonyl (C=O) groups is 1. The molecule has 0 saturated heterocycles. The third kappa shape index (κ3) is 4.13. The van der Waals surface area contributed by atoms with Gasteiger partial charge in [0.1, 0.15) is 6.54 Å². The predicted octanol–water partition coefficient (Wildman–Crippen LogP) is 3.81. The molecule has 9 nitrogen and oxygen atoms in total. The largest absolute Gasteiger partial charge is 0.350 e. The van der Waals surface area contributed by atoms with Gasteiger partial charge in [-0.15, -0.1) is 5.10 Å². The molecule has 0 fully saturated rings. The summed E-state index contributed by atoms with van der Waals surface area (Å²) in [6.45, 7) is 1.71. The molecule has 1 N–H and O–H groups in total. The molecule has 164 valence electrons. The summed E-state index contributed by atoms with van der Waals surface area (Å²) in [5.41, 5.74) is 2.73. The number of halogens is 1. The fourth-order valence-electron chi connectivity index (χ4n) is 3.45. The third-order valence-electron chi connectivity index (χ3n) is 4.94. The topological polar surface area (TPSA) is 107 Å². The van der Waals surface area contributed by atoms with Crippen LogP contribution in [0.15, 0.2) is 76.2 Å². The SMILES string of the molecule is Cc1cccc(-c2noc(-c3cccn4c(=O)n(CC(=O)Nc5cccc(Cl)c5)nc34)n2)c1. The number of benzene rings is 2. The van der Waals surface area contributed by atoms with E-state index < -0.39 is 11.6 Å². The Morgan fingerprint density at radius 3 is 2.79 bits per heavy atom. The predicted molar refractivity (Wildman–Crippen MR) is 123 cm³/mol. The van der Waals surface area contributed by atoms with Gasteiger partial charge in [-0.25, -0.2) is 13.9 Å². The lowest BCUT2D eigenvalue weighted by molar-refractivity contribution is -0.117. The van der Waals surface area contributed by atoms with Crippen LogP contribution in [0, 0.1) is 6.92 Å². The molecule has 5 rings (SSSR count). The molecule has 0 saturated carbocycles. The number of pyridine rings is 1. The van der Waals surface area contributed by atoms with Gasteiger partial charge in [0, 0.05) is 22.5 Å². The summed E-state index contributed by atoms with van der Waals surface area (Å²) < 4.78 is 7.87. The summed E-state index contributed by atoms with van der Waals surface area (Å²) >= 11 is 5.95. The quantitative estimate of drug-likeness (QED) is 0.427. The maximum atomic E-state index is 12.8. The van der Waals surface area contributed by atoms with E-state index in [4.69, 9.17) is 16.1 Å². The second kappa shape index (κ2) is 8.36. The number of aromatic nitrogens is 5. The number of hydrogen-bond acceptors (Lipinski definition) is 6. The van der Waals surface area contributed by atoms with Crippen LogP contribution in [0.4, 0.5) is 5.69 Å². The van der Waals surface area contributed by atoms with E-state index in [9.17, 15) is 9.59 Å². The van der Waals surface area contributed by atoms with Crippen molar-refractivity contribution in [2.45, 2.75) is 13.5 Å². The maximum absolute atomic E-state index is 12.8. The zero-order valence-electron chi connectivity index (χ0n) is 17.4. The van der Waals surface area contributed by atoms with Crippen LogP contribution in [-0.4, -0.2) is 30.2 Å². The molecule has 33 heavy (non-hydrogen) atoms. The highest BCUT2D eigenvalue weighted by atomic mass is 35.5. The summed E-state index contributed by atoms with van der Waals surface area (Å²) in [4.78, 5) is 29.7. The fraction of sp³-hybridized carbons (Fsp3) is 0.0870. The van der Waals surface area contributed by atoms with Gasteiger partial charge in [0.05, 0.1) is 5.56 Å². The molecule has 1 amide bonds. The summed E-state index contributed by atoms with van der Waals surface area (Å²) in [5.74, 6) is 0.236. The molecule has 10 heteroatoms. The molecule has 5 aromatic rings. The number of carbonyl (C=O) groups excluding carboxylic acids is 1. The first kappa shape index (κ1) is 20.7. The van der Waals surface area contributed by atoms with Gasteiger partial charge in [-0.05, 0) is 43.3 Å². The Bertz CT molecular complexity index is 1550. The molecule has 0 unspecified atom stereocenters. The third-order valence-corrected chi connectivity index (χ3v) is 5.18. The van der Waals surface area contributed by atoms with E-state index in [1.54, 1.807) is 42.6 Å². The fourth-order valence-corrected chi connectivity index (χ4v) is 3.64. The van der Waals surface area contributed by atoms with Crippen LogP contribution in [0.2, 0.25) is 5.02 Å². The smallest absolute Gasteiger partial charge is 0.333 e. The van der Waals surface area contributed by atoms with Crippen LogP contribution >= 0.6 is 11.6 Å². The maximum Gasteiger partial charge on any atom is 0.350 e. The van der Waals surface area contributed by atoms with Crippen molar-refractivity contribution in [1.82, 2.24) is 24.3 Å². The van der Waals surface area contributed by atoms with Crippen molar-refractivity contribution < 1.29 is 9.32 Å². The average molecular weight is 461 g/mol. The first-order chi connectivity index (χ1) is 16.0. The van der Waals surface area contributed by atoms with Crippen molar-refractivity contribution >= 4 is 28.8 Å². The highest BCUT2D eigenvalue weighted by molar-refractivity contribution is 6.30. The van der Waals surface area contributed by atoms with E-state index in [1.165, 1.54) is 4.40 Å². The van der Waals surface area contributed by atoms with Gasteiger partial charge in [-0.2, -0.15) is 4.98 Å². The van der Waals surface area contributed by atoms with Crippen molar-refractivity contribution in [2.75, 3.05) is 5.32 Å². The van der Waals surface area contributed by atoms with E-state index in [-0.39, 0.29) is 12.4 Å². The highest BCUT2D eigenvalue weighted by Gasteiger charge is 2.18. The van der Waals surface area contributed by atoms with Gasteiger partial charge >= 0.3 is 5.69 Å². The summed E-state index contributed by atoms with van der Waals surface area (Å²) in [7, 11) is 0. The number of aryl methyl sites for hydroxylation is 1. The zero-order chi connectivity index (χ0) is 22.9. The summed E-state index contributed by atoms with van der Waals surface area (Å²) in [5, 5.41) is 11.6. The molecule has 0 spiro atoms. The van der Waals surface area contributed by atoms with Crippen molar-refractivity contribution in [3.8, 4) is 22.8 Å². The Balaban J connectivity index is 1.46. The van der Waals surface area contributed by atoms with Crippen LogP contribution in [-0.2, 0) is 11.3 Å². The number of anilines is 1. The van der Waals surface area contributed by atoms with Crippen LogP contribution in [0.5, 0.6) is 0 Å². The van der Waals surface area contributed by atoms with E-state index in [0.29, 0.717) is 27.7 Å². The van der Waals surface area contributed by atoms with Crippen molar-refractivity contribution in [3.05, 3.63) is 87.9 Å². The second-order valence-electron chi connectivity index (χ2n) is 7.41. The molecule has 3 aromatic heterocycles. The van der Waals surface area contributed by atoms with E-state index in [0.717, 1.165) is 15.8 Å². The first-order valence-corrected chi connectivity index (χ1v) is 10.4. The van der Waals surface area contributed by atoms with E-state index in [1.807, 2.05) is 31.2 Å². The summed E-state index contributed by atoms with van der Waals surface area (Å²) in [6, 6.07) is 17.9. The minimum atomic E-state index is -0.466. The molecule has 2 aromatic carbocycles. The van der Waals surface area contributed by atoms with Crippen molar-refractivity contribution in [3.63, 3.8) is 0 Å². The van der Waals surface area contributed by atoms with Gasteiger partial charge < -0.3 is 9.84 Å². The Labute approximate surface area is 192 Å². The number of fused-ring (bicyclic) bond motifs is 1. The second-order valence-corrected chi connectivity index (χ2v) is 7.84. The Morgan fingerprint density at radius 2 is 1.97 bits per heavy atom. The van der Waals surface area contributed by atoms with Crippen molar-refractivity contribution in [2.24, 2.45) is 0 Å². The normalized spacial score (nSPS) is 11.1. The minimum Gasteiger partial charge on any atom is -0.333 e. The average Bonchev–Trinajstić information content (AvgIpc) is 3.39. The van der Waals surface area contributed by atoms with Crippen LogP contribution in [0.1, 0.15) is 5.56 Å². The van der Waals surface area contributed by atoms with Gasteiger partial charge in [-0.1, -0.05) is 46.6 Å². The van der Waals surface area contributed by atoms with Gasteiger partial charge in [0.2, 0.25) is 11.7 Å². The Morgan fingerprint density at radius 1 is 1.12 bits per heavy atom. The minimum absolute atomic E-state index is 0.220. The molecule has 3 heterocycles. The number of amides is 1. The molecule has 0 atom stereocenters. The van der Waals surface area contributed by atoms with Gasteiger partial charge in [-0.3, -0.25) is 4.79 Å². The van der Waals surface area contributed by atoms with Crippen LogP contribution in [0.3, 0.4) is 0 Å². The molecular weight excluding hydrogens is 444 g/mol. The zero-order valence-corrected chi connectivity index (χ0v) is 18.2. The molecule has 0 aliphatic carbocycles.